The van der Waals surface area contributed by atoms with Crippen LogP contribution >= 0.6 is 0 Å². The number of carbonyl (C=O) groups is 1. The summed E-state index contributed by atoms with van der Waals surface area (Å²) in [6, 6.07) is 9.08. The van der Waals surface area contributed by atoms with Crippen LogP contribution in [-0.2, 0) is 6.42 Å². The van der Waals surface area contributed by atoms with Gasteiger partial charge in [0.1, 0.15) is 5.82 Å². The number of nitrogens with one attached hydrogen (secondary N) is 1. The van der Waals surface area contributed by atoms with Gasteiger partial charge in [-0.25, -0.2) is 4.98 Å². The largest absolute Gasteiger partial charge is 0.383 e. The van der Waals surface area contributed by atoms with E-state index in [-0.39, 0.29) is 16.9 Å². The number of nitrogen functional groups attached to an aromatic ring is 1. The van der Waals surface area contributed by atoms with E-state index in [1.807, 2.05) is 24.3 Å². The number of hydrogen-bond donors (Lipinski definition) is 2. The number of rotatable bonds is 5. The van der Waals surface area contributed by atoms with Crippen molar-refractivity contribution in [3.05, 3.63) is 53.0 Å². The van der Waals surface area contributed by atoms with Crippen LogP contribution in [0.4, 0.5) is 15.9 Å². The molecule has 2 aromatic rings. The molecule has 1 aromatic heterocycles. The van der Waals surface area contributed by atoms with Gasteiger partial charge in [0.15, 0.2) is 0 Å². The van der Waals surface area contributed by atoms with E-state index in [2.05, 4.69) is 17.2 Å². The lowest BCUT2D eigenvalue weighted by atomic mass is 10.1. The number of aromatic nitrogens is 1. The van der Waals surface area contributed by atoms with Crippen molar-refractivity contribution in [1.29, 1.82) is 0 Å². The lowest BCUT2D eigenvalue weighted by Gasteiger charge is -2.09. The van der Waals surface area contributed by atoms with Crippen LogP contribution in [0.15, 0.2) is 30.3 Å². The van der Waals surface area contributed by atoms with E-state index in [4.69, 9.17) is 5.73 Å². The second-order valence-corrected chi connectivity index (χ2v) is 5.28. The first-order valence-corrected chi connectivity index (χ1v) is 7.34. The van der Waals surface area contributed by atoms with Gasteiger partial charge in [0.05, 0.1) is 5.56 Å². The van der Waals surface area contributed by atoms with Gasteiger partial charge in [0, 0.05) is 11.3 Å². The van der Waals surface area contributed by atoms with Crippen LogP contribution in [0.5, 0.6) is 0 Å². The minimum atomic E-state index is -0.658. The highest BCUT2D eigenvalue weighted by Gasteiger charge is 2.14. The highest BCUT2D eigenvalue weighted by Crippen LogP contribution is 2.17. The number of carbonyl (C=O) groups excluding carboxylic acids is 1. The molecule has 4 nitrogen and oxygen atoms in total. The van der Waals surface area contributed by atoms with Crippen molar-refractivity contribution < 1.29 is 9.18 Å². The molecule has 2 rings (SSSR count). The van der Waals surface area contributed by atoms with E-state index in [0.29, 0.717) is 5.69 Å². The maximum atomic E-state index is 13.3. The first-order valence-electron chi connectivity index (χ1n) is 7.34. The van der Waals surface area contributed by atoms with Gasteiger partial charge >= 0.3 is 0 Å². The molecule has 0 aliphatic rings. The SMILES string of the molecule is CCCCc1ccc(NC(=O)c2cc(C)c(F)nc2N)cc1. The van der Waals surface area contributed by atoms with Crippen molar-refractivity contribution in [3.8, 4) is 0 Å². The fourth-order valence-electron chi connectivity index (χ4n) is 2.12. The number of anilines is 2. The summed E-state index contributed by atoms with van der Waals surface area (Å²) >= 11 is 0. The zero-order valence-corrected chi connectivity index (χ0v) is 12.8. The third-order valence-corrected chi connectivity index (χ3v) is 3.46. The van der Waals surface area contributed by atoms with Crippen LogP contribution in [0.3, 0.4) is 0 Å². The quantitative estimate of drug-likeness (QED) is 0.827. The predicted octanol–water partition coefficient (Wildman–Crippen LogP) is 3.71. The summed E-state index contributed by atoms with van der Waals surface area (Å²) in [5, 5.41) is 2.75. The van der Waals surface area contributed by atoms with Crippen molar-refractivity contribution in [3.63, 3.8) is 0 Å². The van der Waals surface area contributed by atoms with Gasteiger partial charge in [-0.2, -0.15) is 4.39 Å². The first kappa shape index (κ1) is 15.9. The fraction of sp³-hybridized carbons (Fsp3) is 0.294. The maximum absolute atomic E-state index is 13.3. The van der Waals surface area contributed by atoms with Gasteiger partial charge < -0.3 is 11.1 Å². The van der Waals surface area contributed by atoms with Crippen molar-refractivity contribution >= 4 is 17.4 Å². The molecule has 0 radical (unpaired) electrons. The molecule has 5 heteroatoms. The predicted molar refractivity (Wildman–Crippen MR) is 86.4 cm³/mol. The molecule has 0 spiro atoms. The first-order chi connectivity index (χ1) is 10.5. The van der Waals surface area contributed by atoms with Gasteiger partial charge in [-0.1, -0.05) is 25.5 Å². The van der Waals surface area contributed by atoms with Crippen LogP contribution in [-0.4, -0.2) is 10.9 Å². The number of nitrogens with zero attached hydrogens (tertiary/aromatic N) is 1. The summed E-state index contributed by atoms with van der Waals surface area (Å²) in [6.07, 6.45) is 3.32. The Morgan fingerprint density at radius 2 is 2.00 bits per heavy atom. The molecule has 1 amide bonds. The summed E-state index contributed by atoms with van der Waals surface area (Å²) in [6.45, 7) is 3.69. The Labute approximate surface area is 129 Å². The number of hydrogen-bond acceptors (Lipinski definition) is 3. The highest BCUT2D eigenvalue weighted by molar-refractivity contribution is 6.07. The van der Waals surface area contributed by atoms with Gasteiger partial charge in [-0.15, -0.1) is 0 Å². The third kappa shape index (κ3) is 3.81. The highest BCUT2D eigenvalue weighted by atomic mass is 19.1. The molecule has 1 aromatic carbocycles. The molecule has 0 unspecified atom stereocenters. The summed E-state index contributed by atoms with van der Waals surface area (Å²) in [5.41, 5.74) is 7.98. The minimum absolute atomic E-state index is 0.111. The molecule has 0 aliphatic heterocycles. The molecular weight excluding hydrogens is 281 g/mol. The molecule has 22 heavy (non-hydrogen) atoms. The molecular formula is C17H20FN3O. The molecule has 0 aliphatic carbocycles. The lowest BCUT2D eigenvalue weighted by Crippen LogP contribution is -2.16. The van der Waals surface area contributed by atoms with Crippen LogP contribution in [0.25, 0.3) is 0 Å². The second-order valence-electron chi connectivity index (χ2n) is 5.28. The fourth-order valence-corrected chi connectivity index (χ4v) is 2.12. The smallest absolute Gasteiger partial charge is 0.259 e. The Kier molecular flexibility index (Phi) is 5.09. The van der Waals surface area contributed by atoms with E-state index < -0.39 is 11.9 Å². The normalized spacial score (nSPS) is 10.5. The molecule has 0 saturated carbocycles. The number of amides is 1. The number of aryl methyl sites for hydroxylation is 2. The van der Waals surface area contributed by atoms with Crippen LogP contribution in [0.2, 0.25) is 0 Å². The van der Waals surface area contributed by atoms with Gasteiger partial charge in [0.2, 0.25) is 5.95 Å². The molecule has 0 fully saturated rings. The summed E-state index contributed by atoms with van der Waals surface area (Å²) in [4.78, 5) is 15.7. The van der Waals surface area contributed by atoms with Crippen LogP contribution in [0, 0.1) is 12.9 Å². The third-order valence-electron chi connectivity index (χ3n) is 3.46. The topological polar surface area (TPSA) is 68.0 Å². The Balaban J connectivity index is 2.10. The zero-order chi connectivity index (χ0) is 16.1. The second kappa shape index (κ2) is 7.02. The van der Waals surface area contributed by atoms with Crippen molar-refractivity contribution in [2.24, 2.45) is 0 Å². The zero-order valence-electron chi connectivity index (χ0n) is 12.8. The average Bonchev–Trinajstić information content (AvgIpc) is 2.50. The van der Waals surface area contributed by atoms with Crippen molar-refractivity contribution in [2.45, 2.75) is 33.1 Å². The average molecular weight is 301 g/mol. The van der Waals surface area contributed by atoms with E-state index in [9.17, 15) is 9.18 Å². The van der Waals surface area contributed by atoms with E-state index in [0.717, 1.165) is 19.3 Å². The minimum Gasteiger partial charge on any atom is -0.383 e. The van der Waals surface area contributed by atoms with E-state index in [1.54, 1.807) is 6.92 Å². The Morgan fingerprint density at radius 1 is 1.32 bits per heavy atom. The number of halogens is 1. The van der Waals surface area contributed by atoms with Crippen molar-refractivity contribution in [2.75, 3.05) is 11.1 Å². The van der Waals surface area contributed by atoms with Crippen LogP contribution < -0.4 is 11.1 Å². The summed E-state index contributed by atoms with van der Waals surface area (Å²) < 4.78 is 13.3. The maximum Gasteiger partial charge on any atom is 0.259 e. The van der Waals surface area contributed by atoms with Crippen molar-refractivity contribution in [1.82, 2.24) is 4.98 Å². The van der Waals surface area contributed by atoms with Gasteiger partial charge in [-0.3, -0.25) is 4.79 Å². The van der Waals surface area contributed by atoms with Gasteiger partial charge in [0.25, 0.3) is 5.91 Å². The molecule has 116 valence electrons. The molecule has 0 saturated heterocycles. The standard InChI is InChI=1S/C17H20FN3O/c1-3-4-5-12-6-8-13(9-7-12)20-17(22)14-10-11(2)15(18)21-16(14)19/h6-10H,3-5H2,1-2H3,(H2,19,21)(H,20,22). The van der Waals surface area contributed by atoms with E-state index in [1.165, 1.54) is 11.6 Å². The molecule has 0 bridgehead atoms. The van der Waals surface area contributed by atoms with E-state index >= 15 is 0 Å². The Bertz CT molecular complexity index is 668. The molecule has 3 N–H and O–H groups in total. The number of nitrogens with two attached hydrogens (primary N) is 1. The van der Waals surface area contributed by atoms with Crippen LogP contribution in [0.1, 0.15) is 41.3 Å². The monoisotopic (exact) mass is 301 g/mol. The number of pyridine rings is 1. The number of benzene rings is 1. The van der Waals surface area contributed by atoms with Gasteiger partial charge in [-0.05, 0) is 43.5 Å². The molecule has 1 heterocycles. The lowest BCUT2D eigenvalue weighted by molar-refractivity contribution is 0.102. The summed E-state index contributed by atoms with van der Waals surface area (Å²) in [5.74, 6) is -1.16. The Morgan fingerprint density at radius 3 is 2.64 bits per heavy atom. The number of unbranched alkanes of at least 4 members (excludes halogenated alkanes) is 1. The molecule has 0 atom stereocenters. The Hall–Kier alpha value is -2.43. The summed E-state index contributed by atoms with van der Waals surface area (Å²) in [7, 11) is 0.